The van der Waals surface area contributed by atoms with Crippen LogP contribution in [0.15, 0.2) is 122 Å². The zero-order valence-electron chi connectivity index (χ0n) is 43.3. The van der Waals surface area contributed by atoms with Gasteiger partial charge in [-0.2, -0.15) is 0 Å². The van der Waals surface area contributed by atoms with Crippen molar-refractivity contribution in [2.75, 3.05) is 40.9 Å². The summed E-state index contributed by atoms with van der Waals surface area (Å²) in [6.07, 6.45) is 71.4. The number of allylic oxidation sites excluding steroid dienone is 19. The van der Waals surface area contributed by atoms with Crippen molar-refractivity contribution < 1.29 is 32.9 Å². The number of hydrogen-bond donors (Lipinski definition) is 3. The van der Waals surface area contributed by atoms with Crippen LogP contribution in [0, 0.1) is 0 Å². The SMILES string of the molecule is CC/C=C\C/C=C\C/C=C\C/C=C\C/C=C\C/C=C\C/C=C\C/C=C\CCCCCCC(=O)NC(COP(=O)(O)OCC[N+](C)(C)C)C(O)/C=C/CC/C=C/CCCCCCCCCCCC. The maximum atomic E-state index is 12.9. The molecule has 0 bridgehead atoms. The maximum absolute atomic E-state index is 12.9. The van der Waals surface area contributed by atoms with Gasteiger partial charge in [-0.3, -0.25) is 13.8 Å². The van der Waals surface area contributed by atoms with Gasteiger partial charge in [0.15, 0.2) is 0 Å². The lowest BCUT2D eigenvalue weighted by molar-refractivity contribution is -0.870. The lowest BCUT2D eigenvalue weighted by Crippen LogP contribution is -2.45. The van der Waals surface area contributed by atoms with Crippen LogP contribution in [0.4, 0.5) is 0 Å². The van der Waals surface area contributed by atoms with Crippen molar-refractivity contribution in [2.24, 2.45) is 0 Å². The van der Waals surface area contributed by atoms with E-state index < -0.39 is 20.0 Å². The van der Waals surface area contributed by atoms with Gasteiger partial charge in [0.05, 0.1) is 39.9 Å². The number of rotatable bonds is 46. The third-order valence-electron chi connectivity index (χ3n) is 10.9. The minimum absolute atomic E-state index is 0.0437. The fourth-order valence-electron chi connectivity index (χ4n) is 6.78. The molecule has 3 unspecified atom stereocenters. The highest BCUT2D eigenvalue weighted by Gasteiger charge is 2.27. The molecule has 0 aliphatic rings. The van der Waals surface area contributed by atoms with E-state index in [1.165, 1.54) is 64.2 Å². The highest BCUT2D eigenvalue weighted by atomic mass is 31.2. The number of carbonyl (C=O) groups excluding carboxylic acids is 1. The number of aliphatic hydroxyl groups excluding tert-OH is 1. The zero-order valence-corrected chi connectivity index (χ0v) is 44.2. The fraction of sp³-hybridized carbons (Fsp3) is 0.638. The van der Waals surface area contributed by atoms with Crippen molar-refractivity contribution in [2.45, 2.75) is 199 Å². The summed E-state index contributed by atoms with van der Waals surface area (Å²) in [5, 5.41) is 13.8. The number of phosphoric ester groups is 1. The zero-order chi connectivity index (χ0) is 49.2. The van der Waals surface area contributed by atoms with E-state index in [1.54, 1.807) is 6.08 Å². The molecule has 8 nitrogen and oxygen atoms in total. The summed E-state index contributed by atoms with van der Waals surface area (Å²) in [7, 11) is 1.52. The molecule has 0 aliphatic carbocycles. The minimum Gasteiger partial charge on any atom is -0.387 e. The molecule has 0 aromatic carbocycles. The Kier molecular flexibility index (Phi) is 45.7. The normalized spacial score (nSPS) is 15.0. The van der Waals surface area contributed by atoms with Gasteiger partial charge in [0.25, 0.3) is 0 Å². The number of carbonyl (C=O) groups is 1. The smallest absolute Gasteiger partial charge is 0.387 e. The first-order chi connectivity index (χ1) is 32.5. The summed E-state index contributed by atoms with van der Waals surface area (Å²) in [6.45, 7) is 4.63. The molecule has 0 fully saturated rings. The topological polar surface area (TPSA) is 105 Å². The van der Waals surface area contributed by atoms with E-state index in [1.807, 2.05) is 27.2 Å². The molecule has 3 atom stereocenters. The third-order valence-corrected chi connectivity index (χ3v) is 11.9. The van der Waals surface area contributed by atoms with Crippen molar-refractivity contribution in [3.8, 4) is 0 Å². The van der Waals surface area contributed by atoms with Crippen molar-refractivity contribution in [3.63, 3.8) is 0 Å². The predicted octanol–water partition coefficient (Wildman–Crippen LogP) is 15.8. The van der Waals surface area contributed by atoms with Crippen molar-refractivity contribution in [1.29, 1.82) is 0 Å². The molecular weight excluding hydrogens is 852 g/mol. The van der Waals surface area contributed by atoms with Gasteiger partial charge in [-0.1, -0.05) is 206 Å². The van der Waals surface area contributed by atoms with Gasteiger partial charge in [-0.15, -0.1) is 0 Å². The van der Waals surface area contributed by atoms with Crippen LogP contribution in [0.5, 0.6) is 0 Å². The lowest BCUT2D eigenvalue weighted by atomic mass is 10.1. The lowest BCUT2D eigenvalue weighted by Gasteiger charge is -2.25. The Hall–Kier alpha value is -3.10. The van der Waals surface area contributed by atoms with Crippen LogP contribution in [-0.4, -0.2) is 73.4 Å². The number of hydrogen-bond acceptors (Lipinski definition) is 5. The molecule has 1 amide bonds. The van der Waals surface area contributed by atoms with Gasteiger partial charge < -0.3 is 19.8 Å². The number of phosphoric acid groups is 1. The van der Waals surface area contributed by atoms with Gasteiger partial charge in [0, 0.05) is 6.42 Å². The number of likely N-dealkylation sites (N-methyl/N-ethyl adjacent to an activating group) is 1. The standard InChI is InChI=1S/C58H99N2O6P/c1-6-8-10-12-14-16-18-20-22-24-25-26-27-28-29-30-31-32-33-34-35-36-38-40-42-44-46-48-50-52-58(62)59-56(55-66-67(63,64)65-54-53-60(3,4)5)57(61)51-49-47-45-43-41-39-37-23-21-19-17-15-13-11-9-7-2/h8,10,14,16,20,22,25-26,28-29,31-32,34-35,38,40-41,43,49,51,56-57,61H,6-7,9,11-13,15,17-19,21,23-24,27,30,33,36-37,39,42,44-48,50,52-55H2,1-5H3,(H-,59,62,63,64)/p+1/b10-8-,16-14-,22-20-,26-25-,29-28-,32-31-,35-34-,40-38-,43-41+,51-49+. The van der Waals surface area contributed by atoms with Gasteiger partial charge in [-0.05, 0) is 96.3 Å². The second-order valence-electron chi connectivity index (χ2n) is 18.5. The molecule has 0 radical (unpaired) electrons. The number of nitrogens with one attached hydrogen (secondary N) is 1. The second-order valence-corrected chi connectivity index (χ2v) is 20.0. The van der Waals surface area contributed by atoms with E-state index in [4.69, 9.17) is 9.05 Å². The van der Waals surface area contributed by atoms with Crippen molar-refractivity contribution >= 4 is 13.7 Å². The highest BCUT2D eigenvalue weighted by molar-refractivity contribution is 7.47. The first-order valence-corrected chi connectivity index (χ1v) is 27.9. The van der Waals surface area contributed by atoms with Crippen LogP contribution >= 0.6 is 7.82 Å². The molecule has 0 heterocycles. The molecule has 67 heavy (non-hydrogen) atoms. The molecule has 0 aliphatic heterocycles. The first-order valence-electron chi connectivity index (χ1n) is 26.4. The number of quaternary nitrogens is 1. The Bertz CT molecular complexity index is 1500. The van der Waals surface area contributed by atoms with E-state index in [2.05, 4.69) is 129 Å². The Labute approximate surface area is 412 Å². The van der Waals surface area contributed by atoms with Crippen molar-refractivity contribution in [1.82, 2.24) is 5.32 Å². The van der Waals surface area contributed by atoms with Crippen LogP contribution in [-0.2, 0) is 18.4 Å². The van der Waals surface area contributed by atoms with Crippen molar-refractivity contribution in [3.05, 3.63) is 122 Å². The largest absolute Gasteiger partial charge is 0.472 e. The Morgan fingerprint density at radius 1 is 0.522 bits per heavy atom. The average Bonchev–Trinajstić information content (AvgIpc) is 3.29. The minimum atomic E-state index is -4.37. The fourth-order valence-corrected chi connectivity index (χ4v) is 7.51. The van der Waals surface area contributed by atoms with Gasteiger partial charge in [-0.25, -0.2) is 4.57 Å². The summed E-state index contributed by atoms with van der Waals surface area (Å²) < 4.78 is 23.6. The quantitative estimate of drug-likeness (QED) is 0.0243. The van der Waals surface area contributed by atoms with Gasteiger partial charge >= 0.3 is 7.82 Å². The summed E-state index contributed by atoms with van der Waals surface area (Å²) >= 11 is 0. The molecule has 0 spiro atoms. The van der Waals surface area contributed by atoms with Crippen LogP contribution in [0.1, 0.15) is 187 Å². The monoisotopic (exact) mass is 952 g/mol. The molecule has 0 saturated carbocycles. The van der Waals surface area contributed by atoms with Crippen LogP contribution in [0.25, 0.3) is 0 Å². The molecular formula is C58H100N2O6P+. The van der Waals surface area contributed by atoms with E-state index >= 15 is 0 Å². The van der Waals surface area contributed by atoms with E-state index in [-0.39, 0.29) is 19.1 Å². The Morgan fingerprint density at radius 3 is 1.37 bits per heavy atom. The molecule has 0 aromatic rings. The van der Waals surface area contributed by atoms with Crippen LogP contribution in [0.3, 0.4) is 0 Å². The summed E-state index contributed by atoms with van der Waals surface area (Å²) in [6, 6.07) is -0.886. The van der Waals surface area contributed by atoms with Crippen LogP contribution in [0.2, 0.25) is 0 Å². The van der Waals surface area contributed by atoms with Gasteiger partial charge in [0.1, 0.15) is 13.2 Å². The molecule has 0 saturated heterocycles. The Morgan fingerprint density at radius 2 is 0.910 bits per heavy atom. The average molecular weight is 952 g/mol. The van der Waals surface area contributed by atoms with Crippen LogP contribution < -0.4 is 5.32 Å². The van der Waals surface area contributed by atoms with Gasteiger partial charge in [0.2, 0.25) is 5.91 Å². The number of unbranched alkanes of at least 4 members (excludes halogenated alkanes) is 15. The number of nitrogens with zero attached hydrogens (tertiary/aromatic N) is 1. The van der Waals surface area contributed by atoms with E-state index in [9.17, 15) is 19.4 Å². The molecule has 0 rings (SSSR count). The van der Waals surface area contributed by atoms with E-state index in [0.29, 0.717) is 17.4 Å². The molecule has 382 valence electrons. The molecule has 9 heteroatoms. The predicted molar refractivity (Wildman–Crippen MR) is 290 cm³/mol. The number of aliphatic hydroxyl groups is 1. The number of amides is 1. The summed E-state index contributed by atoms with van der Waals surface area (Å²) in [5.41, 5.74) is 0. The third kappa shape index (κ3) is 50.6. The second kappa shape index (κ2) is 47.9. The molecule has 0 aromatic heterocycles. The Balaban J connectivity index is 4.39. The maximum Gasteiger partial charge on any atom is 0.472 e. The molecule has 3 N–H and O–H groups in total. The highest BCUT2D eigenvalue weighted by Crippen LogP contribution is 2.43. The first kappa shape index (κ1) is 63.9. The summed E-state index contributed by atoms with van der Waals surface area (Å²) in [5.74, 6) is -0.217. The summed E-state index contributed by atoms with van der Waals surface area (Å²) in [4.78, 5) is 23.2. The van der Waals surface area contributed by atoms with E-state index in [0.717, 1.165) is 103 Å².